The summed E-state index contributed by atoms with van der Waals surface area (Å²) in [5, 5.41) is 9.31. The number of rotatable bonds is 2. The Labute approximate surface area is 99.4 Å². The maximum atomic E-state index is 9.31. The Morgan fingerprint density at radius 2 is 1.62 bits per heavy atom. The average molecular weight is 221 g/mol. The molecule has 0 aliphatic carbocycles. The second-order valence-electron chi connectivity index (χ2n) is 2.48. The predicted molar refractivity (Wildman–Crippen MR) is 73.5 cm³/mol. The molecule has 0 spiro atoms. The van der Waals surface area contributed by atoms with Crippen LogP contribution in [0.4, 0.5) is 0 Å². The average Bonchev–Trinajstić information content (AvgIpc) is 2.37. The lowest BCUT2D eigenvalue weighted by Gasteiger charge is -2.03. The third kappa shape index (κ3) is 4.78. The van der Waals surface area contributed by atoms with Gasteiger partial charge in [-0.1, -0.05) is 46.9 Å². The van der Waals surface area contributed by atoms with Gasteiger partial charge in [-0.3, -0.25) is 0 Å². The molecule has 0 saturated carbocycles. The Kier molecular flexibility index (Phi) is 10.5. The van der Waals surface area contributed by atoms with Gasteiger partial charge in [0.15, 0.2) is 0 Å². The molecule has 0 aliphatic rings. The molecule has 0 atom stereocenters. The fraction of sp³-hybridized carbons (Fsp3) is 0.357. The number of pyridine rings is 1. The largest absolute Gasteiger partial charge is 0.506 e. The minimum absolute atomic E-state index is 0.190. The fourth-order valence-corrected chi connectivity index (χ4v) is 0.955. The minimum Gasteiger partial charge on any atom is -0.506 e. The molecule has 90 valence electrons. The van der Waals surface area contributed by atoms with Gasteiger partial charge in [-0.05, 0) is 19.1 Å². The van der Waals surface area contributed by atoms with Gasteiger partial charge >= 0.3 is 0 Å². The van der Waals surface area contributed by atoms with Gasteiger partial charge in [-0.25, -0.2) is 4.98 Å². The SMILES string of the molecule is C=Cc1cc(O)c(C)nc1C=C.CC.CC. The Morgan fingerprint density at radius 1 is 1.12 bits per heavy atom. The van der Waals surface area contributed by atoms with Gasteiger partial charge in [0.2, 0.25) is 0 Å². The van der Waals surface area contributed by atoms with Crippen LogP contribution in [0.25, 0.3) is 12.2 Å². The van der Waals surface area contributed by atoms with Crippen LogP contribution in [0.3, 0.4) is 0 Å². The Morgan fingerprint density at radius 3 is 2.00 bits per heavy atom. The van der Waals surface area contributed by atoms with Crippen LogP contribution in [0.15, 0.2) is 19.2 Å². The zero-order chi connectivity index (χ0) is 13.1. The molecular weight excluding hydrogens is 198 g/mol. The van der Waals surface area contributed by atoms with Crippen molar-refractivity contribution in [2.75, 3.05) is 0 Å². The summed E-state index contributed by atoms with van der Waals surface area (Å²) in [6.07, 6.45) is 3.28. The standard InChI is InChI=1S/C10H11NO.2C2H6/c1-4-8-6-10(12)7(3)11-9(8)5-2;2*1-2/h4-6,12H,1-2H2,3H3;2*1-2H3. The Hall–Kier alpha value is -1.57. The first-order valence-electron chi connectivity index (χ1n) is 5.64. The molecule has 0 fully saturated rings. The van der Waals surface area contributed by atoms with Crippen molar-refractivity contribution in [2.24, 2.45) is 0 Å². The molecule has 0 amide bonds. The van der Waals surface area contributed by atoms with Gasteiger partial charge in [-0.15, -0.1) is 0 Å². The van der Waals surface area contributed by atoms with Crippen LogP contribution in [0.5, 0.6) is 5.75 Å². The number of aromatic nitrogens is 1. The summed E-state index contributed by atoms with van der Waals surface area (Å²) in [6, 6.07) is 1.63. The highest BCUT2D eigenvalue weighted by atomic mass is 16.3. The summed E-state index contributed by atoms with van der Waals surface area (Å²) in [4.78, 5) is 4.12. The molecule has 0 bridgehead atoms. The summed E-state index contributed by atoms with van der Waals surface area (Å²) < 4.78 is 0. The van der Waals surface area contributed by atoms with E-state index in [4.69, 9.17) is 0 Å². The first-order chi connectivity index (χ1) is 7.69. The van der Waals surface area contributed by atoms with E-state index in [1.807, 2.05) is 27.7 Å². The van der Waals surface area contributed by atoms with Crippen LogP contribution in [0.1, 0.15) is 44.6 Å². The first kappa shape index (κ1) is 16.8. The fourth-order valence-electron chi connectivity index (χ4n) is 0.955. The van der Waals surface area contributed by atoms with Crippen LogP contribution in [0, 0.1) is 6.92 Å². The molecule has 0 aliphatic heterocycles. The van der Waals surface area contributed by atoms with E-state index in [1.165, 1.54) is 0 Å². The molecule has 0 saturated heterocycles. The number of hydrogen-bond donors (Lipinski definition) is 1. The van der Waals surface area contributed by atoms with Crippen molar-refractivity contribution in [3.05, 3.63) is 36.2 Å². The topological polar surface area (TPSA) is 33.1 Å². The summed E-state index contributed by atoms with van der Waals surface area (Å²) in [6.45, 7) is 17.0. The van der Waals surface area contributed by atoms with Gasteiger partial charge in [0, 0.05) is 5.56 Å². The summed E-state index contributed by atoms with van der Waals surface area (Å²) in [5.41, 5.74) is 2.16. The van der Waals surface area contributed by atoms with Gasteiger partial charge in [0.1, 0.15) is 5.75 Å². The molecule has 2 nitrogen and oxygen atoms in total. The van der Waals surface area contributed by atoms with Gasteiger partial charge in [0.05, 0.1) is 11.4 Å². The lowest BCUT2D eigenvalue weighted by atomic mass is 10.1. The zero-order valence-electron chi connectivity index (χ0n) is 11.0. The van der Waals surface area contributed by atoms with E-state index in [2.05, 4.69) is 18.1 Å². The van der Waals surface area contributed by atoms with E-state index in [0.29, 0.717) is 5.69 Å². The summed E-state index contributed by atoms with van der Waals surface area (Å²) >= 11 is 0. The van der Waals surface area contributed by atoms with Crippen LogP contribution >= 0.6 is 0 Å². The minimum atomic E-state index is 0.190. The molecule has 16 heavy (non-hydrogen) atoms. The highest BCUT2D eigenvalue weighted by Crippen LogP contribution is 2.19. The Balaban J connectivity index is 0. The monoisotopic (exact) mass is 221 g/mol. The second kappa shape index (κ2) is 9.97. The second-order valence-corrected chi connectivity index (χ2v) is 2.48. The van der Waals surface area contributed by atoms with E-state index >= 15 is 0 Å². The van der Waals surface area contributed by atoms with E-state index < -0.39 is 0 Å². The van der Waals surface area contributed by atoms with Gasteiger partial charge in [-0.2, -0.15) is 0 Å². The molecule has 0 aromatic carbocycles. The highest BCUT2D eigenvalue weighted by molar-refractivity contribution is 5.62. The lowest BCUT2D eigenvalue weighted by molar-refractivity contribution is 0.467. The molecule has 2 heteroatoms. The molecule has 1 heterocycles. The van der Waals surface area contributed by atoms with E-state index in [9.17, 15) is 5.11 Å². The Bertz CT molecular complexity index is 297. The van der Waals surface area contributed by atoms with Crippen molar-refractivity contribution < 1.29 is 5.11 Å². The van der Waals surface area contributed by atoms with E-state index in [-0.39, 0.29) is 5.75 Å². The van der Waals surface area contributed by atoms with Crippen molar-refractivity contribution in [2.45, 2.75) is 34.6 Å². The smallest absolute Gasteiger partial charge is 0.137 e. The normalized spacial score (nSPS) is 7.81. The maximum absolute atomic E-state index is 9.31. The van der Waals surface area contributed by atoms with Crippen molar-refractivity contribution in [1.29, 1.82) is 0 Å². The van der Waals surface area contributed by atoms with Crippen LogP contribution in [-0.4, -0.2) is 10.1 Å². The molecule has 0 unspecified atom stereocenters. The number of nitrogens with zero attached hydrogens (tertiary/aromatic N) is 1. The zero-order valence-corrected chi connectivity index (χ0v) is 11.0. The van der Waals surface area contributed by atoms with E-state index in [1.54, 1.807) is 25.1 Å². The van der Waals surface area contributed by atoms with Gasteiger partial charge in [0.25, 0.3) is 0 Å². The van der Waals surface area contributed by atoms with Crippen LogP contribution in [-0.2, 0) is 0 Å². The predicted octanol–water partition coefficient (Wildman–Crippen LogP) is 4.43. The number of aryl methyl sites for hydroxylation is 1. The maximum Gasteiger partial charge on any atom is 0.137 e. The highest BCUT2D eigenvalue weighted by Gasteiger charge is 2.02. The number of aromatic hydroxyl groups is 1. The third-order valence-corrected chi connectivity index (χ3v) is 1.66. The van der Waals surface area contributed by atoms with Crippen molar-refractivity contribution >= 4 is 12.2 Å². The molecular formula is C14H23NO. The lowest BCUT2D eigenvalue weighted by Crippen LogP contribution is -1.89. The van der Waals surface area contributed by atoms with Crippen LogP contribution < -0.4 is 0 Å². The van der Waals surface area contributed by atoms with Crippen molar-refractivity contribution in [1.82, 2.24) is 4.98 Å². The first-order valence-corrected chi connectivity index (χ1v) is 5.64. The quantitative estimate of drug-likeness (QED) is 0.801. The van der Waals surface area contributed by atoms with Crippen molar-refractivity contribution in [3.63, 3.8) is 0 Å². The van der Waals surface area contributed by atoms with E-state index in [0.717, 1.165) is 11.3 Å². The third-order valence-electron chi connectivity index (χ3n) is 1.66. The molecule has 1 N–H and O–H groups in total. The summed E-state index contributed by atoms with van der Waals surface area (Å²) in [7, 11) is 0. The van der Waals surface area contributed by atoms with Crippen molar-refractivity contribution in [3.8, 4) is 5.75 Å². The number of hydrogen-bond acceptors (Lipinski definition) is 2. The molecule has 1 aromatic rings. The molecule has 1 rings (SSSR count). The van der Waals surface area contributed by atoms with Crippen LogP contribution in [0.2, 0.25) is 0 Å². The molecule has 1 aromatic heterocycles. The molecule has 0 radical (unpaired) electrons. The van der Waals surface area contributed by atoms with Gasteiger partial charge < -0.3 is 5.11 Å². The summed E-state index contributed by atoms with van der Waals surface area (Å²) in [5.74, 6) is 0.190.